The third-order valence-corrected chi connectivity index (χ3v) is 5.40. The highest BCUT2D eigenvalue weighted by atomic mass is 16.1. The van der Waals surface area contributed by atoms with Gasteiger partial charge in [0.1, 0.15) is 0 Å². The summed E-state index contributed by atoms with van der Waals surface area (Å²) in [6.07, 6.45) is 14.4. The molecular formula is C16H24N2O2. The number of rotatable bonds is 9. The largest absolute Gasteiger partial charge is 0.234 e. The standard InChI is InChI=1S/C16H24N2O2/c19-12-17-8-3-1-2-4-15-10-14-5-6-16(15,11-14)7-9-18-13-20/h14-15H,1-11H2. The number of isocyanates is 2. The number of unbranched alkanes of at least 4 members (excludes halogenated alkanes) is 2. The Labute approximate surface area is 120 Å². The molecule has 4 nitrogen and oxygen atoms in total. The topological polar surface area (TPSA) is 58.9 Å². The van der Waals surface area contributed by atoms with Gasteiger partial charge in [0.25, 0.3) is 0 Å². The molecule has 0 aliphatic heterocycles. The Morgan fingerprint density at radius 3 is 2.60 bits per heavy atom. The summed E-state index contributed by atoms with van der Waals surface area (Å²) in [5, 5.41) is 0. The van der Waals surface area contributed by atoms with Crippen LogP contribution in [0.5, 0.6) is 0 Å². The number of hydrogen-bond donors (Lipinski definition) is 0. The van der Waals surface area contributed by atoms with E-state index in [0.29, 0.717) is 18.5 Å². The zero-order valence-electron chi connectivity index (χ0n) is 12.1. The van der Waals surface area contributed by atoms with Crippen LogP contribution >= 0.6 is 0 Å². The highest BCUT2D eigenvalue weighted by Gasteiger charge is 2.50. The van der Waals surface area contributed by atoms with Crippen molar-refractivity contribution in [2.75, 3.05) is 13.1 Å². The molecule has 2 rings (SSSR count). The summed E-state index contributed by atoms with van der Waals surface area (Å²) < 4.78 is 0. The third-order valence-electron chi connectivity index (χ3n) is 5.40. The zero-order valence-corrected chi connectivity index (χ0v) is 12.1. The molecule has 2 fully saturated rings. The van der Waals surface area contributed by atoms with Crippen molar-refractivity contribution in [1.82, 2.24) is 0 Å². The van der Waals surface area contributed by atoms with E-state index in [2.05, 4.69) is 9.98 Å². The summed E-state index contributed by atoms with van der Waals surface area (Å²) in [4.78, 5) is 27.6. The van der Waals surface area contributed by atoms with E-state index in [1.807, 2.05) is 0 Å². The highest BCUT2D eigenvalue weighted by Crippen LogP contribution is 2.60. The molecule has 0 aromatic heterocycles. The van der Waals surface area contributed by atoms with Crippen molar-refractivity contribution in [2.45, 2.75) is 57.8 Å². The van der Waals surface area contributed by atoms with Crippen molar-refractivity contribution in [3.05, 3.63) is 0 Å². The van der Waals surface area contributed by atoms with E-state index in [-0.39, 0.29) is 0 Å². The lowest BCUT2D eigenvalue weighted by molar-refractivity contribution is 0.158. The molecule has 0 radical (unpaired) electrons. The maximum atomic E-state index is 10.2. The van der Waals surface area contributed by atoms with Gasteiger partial charge in [-0.15, -0.1) is 0 Å². The molecule has 0 N–H and O–H groups in total. The Bertz CT molecular complexity index is 411. The van der Waals surface area contributed by atoms with Crippen LogP contribution in [0, 0.1) is 17.3 Å². The molecule has 3 unspecified atom stereocenters. The fourth-order valence-corrected chi connectivity index (χ4v) is 4.48. The predicted molar refractivity (Wildman–Crippen MR) is 76.9 cm³/mol. The normalized spacial score (nSPS) is 30.8. The maximum Gasteiger partial charge on any atom is 0.234 e. The van der Waals surface area contributed by atoms with Gasteiger partial charge in [-0.1, -0.05) is 12.8 Å². The van der Waals surface area contributed by atoms with Gasteiger partial charge in [-0.05, 0) is 62.2 Å². The average Bonchev–Trinajstić information content (AvgIpc) is 3.01. The predicted octanol–water partition coefficient (Wildman–Crippen LogP) is 3.41. The molecule has 0 heterocycles. The summed E-state index contributed by atoms with van der Waals surface area (Å²) in [6.45, 7) is 1.27. The first-order valence-electron chi connectivity index (χ1n) is 7.88. The van der Waals surface area contributed by atoms with Crippen LogP contribution in [0.2, 0.25) is 0 Å². The Morgan fingerprint density at radius 1 is 1.05 bits per heavy atom. The number of fused-ring (bicyclic) bond motifs is 2. The van der Waals surface area contributed by atoms with Crippen LogP contribution < -0.4 is 0 Å². The lowest BCUT2D eigenvalue weighted by Gasteiger charge is -2.35. The Kier molecular flexibility index (Phi) is 5.70. The Hall–Kier alpha value is -1.24. The van der Waals surface area contributed by atoms with Gasteiger partial charge in [0.15, 0.2) is 0 Å². The maximum absolute atomic E-state index is 10.2. The first kappa shape index (κ1) is 15.2. The number of hydrogen-bond acceptors (Lipinski definition) is 4. The molecule has 0 spiro atoms. The van der Waals surface area contributed by atoms with Crippen molar-refractivity contribution in [3.63, 3.8) is 0 Å². The average molecular weight is 276 g/mol. The molecule has 3 atom stereocenters. The zero-order chi connectivity index (χ0) is 14.3. The van der Waals surface area contributed by atoms with Crippen LogP contribution in [0.3, 0.4) is 0 Å². The van der Waals surface area contributed by atoms with Gasteiger partial charge < -0.3 is 0 Å². The van der Waals surface area contributed by atoms with Gasteiger partial charge in [-0.3, -0.25) is 0 Å². The summed E-state index contributed by atoms with van der Waals surface area (Å²) in [7, 11) is 0. The first-order chi connectivity index (χ1) is 9.80. The SMILES string of the molecule is O=C=NCCCCCC1CC2CCC1(CCN=C=O)C2. The van der Waals surface area contributed by atoms with Gasteiger partial charge >= 0.3 is 0 Å². The van der Waals surface area contributed by atoms with Gasteiger partial charge in [0, 0.05) is 0 Å². The number of carbonyl (C=O) groups excluding carboxylic acids is 2. The van der Waals surface area contributed by atoms with Gasteiger partial charge in [0.05, 0.1) is 13.1 Å². The summed E-state index contributed by atoms with van der Waals surface area (Å²) >= 11 is 0. The van der Waals surface area contributed by atoms with Crippen molar-refractivity contribution in [1.29, 1.82) is 0 Å². The van der Waals surface area contributed by atoms with E-state index < -0.39 is 0 Å². The molecule has 4 heteroatoms. The second-order valence-corrected chi connectivity index (χ2v) is 6.45. The van der Waals surface area contributed by atoms with Crippen molar-refractivity contribution >= 4 is 12.2 Å². The van der Waals surface area contributed by atoms with E-state index in [4.69, 9.17) is 0 Å². The van der Waals surface area contributed by atoms with Crippen LogP contribution in [-0.2, 0) is 9.59 Å². The van der Waals surface area contributed by atoms with Crippen molar-refractivity contribution < 1.29 is 9.59 Å². The summed E-state index contributed by atoms with van der Waals surface area (Å²) in [6, 6.07) is 0. The van der Waals surface area contributed by atoms with Gasteiger partial charge in [0.2, 0.25) is 12.2 Å². The number of nitrogens with zero attached hydrogens (tertiary/aromatic N) is 2. The van der Waals surface area contributed by atoms with E-state index in [0.717, 1.165) is 31.1 Å². The fraction of sp³-hybridized carbons (Fsp3) is 0.875. The van der Waals surface area contributed by atoms with Crippen molar-refractivity contribution in [2.24, 2.45) is 27.2 Å². The van der Waals surface area contributed by atoms with E-state index in [1.165, 1.54) is 38.5 Å². The molecule has 110 valence electrons. The third kappa shape index (κ3) is 3.65. The van der Waals surface area contributed by atoms with E-state index in [1.54, 1.807) is 12.2 Å². The molecule has 2 bridgehead atoms. The van der Waals surface area contributed by atoms with Crippen LogP contribution in [0.4, 0.5) is 0 Å². The highest BCUT2D eigenvalue weighted by molar-refractivity contribution is 5.33. The van der Waals surface area contributed by atoms with Gasteiger partial charge in [-0.2, -0.15) is 0 Å². The Balaban J connectivity index is 1.75. The van der Waals surface area contributed by atoms with Gasteiger partial charge in [-0.25, -0.2) is 19.6 Å². The minimum absolute atomic E-state index is 0.464. The number of aliphatic imine (C=N–C) groups is 2. The smallest absolute Gasteiger partial charge is 0.211 e. The second-order valence-electron chi connectivity index (χ2n) is 6.45. The summed E-state index contributed by atoms with van der Waals surface area (Å²) in [5.41, 5.74) is 0.464. The Morgan fingerprint density at radius 2 is 1.85 bits per heavy atom. The molecule has 0 aromatic carbocycles. The van der Waals surface area contributed by atoms with Crippen LogP contribution in [-0.4, -0.2) is 25.2 Å². The lowest BCUT2D eigenvalue weighted by Crippen LogP contribution is -2.26. The molecule has 20 heavy (non-hydrogen) atoms. The molecule has 0 aromatic rings. The minimum atomic E-state index is 0.464. The molecule has 2 aliphatic rings. The van der Waals surface area contributed by atoms with Crippen molar-refractivity contribution in [3.8, 4) is 0 Å². The van der Waals surface area contributed by atoms with Crippen LogP contribution in [0.15, 0.2) is 9.98 Å². The van der Waals surface area contributed by atoms with Crippen LogP contribution in [0.1, 0.15) is 57.8 Å². The lowest BCUT2D eigenvalue weighted by atomic mass is 9.70. The molecule has 0 amide bonds. The molecule has 2 saturated carbocycles. The fourth-order valence-electron chi connectivity index (χ4n) is 4.48. The molecule has 2 aliphatic carbocycles. The van der Waals surface area contributed by atoms with Crippen LogP contribution in [0.25, 0.3) is 0 Å². The summed E-state index contributed by atoms with van der Waals surface area (Å²) in [5.74, 6) is 1.73. The van der Waals surface area contributed by atoms with E-state index >= 15 is 0 Å². The second kappa shape index (κ2) is 7.52. The molecule has 0 saturated heterocycles. The minimum Gasteiger partial charge on any atom is -0.211 e. The van der Waals surface area contributed by atoms with E-state index in [9.17, 15) is 9.59 Å². The molecular weight excluding hydrogens is 252 g/mol. The monoisotopic (exact) mass is 276 g/mol. The first-order valence-corrected chi connectivity index (χ1v) is 7.88. The quantitative estimate of drug-likeness (QED) is 0.368.